The van der Waals surface area contributed by atoms with Gasteiger partial charge >= 0.3 is 0 Å². The van der Waals surface area contributed by atoms with E-state index in [2.05, 4.69) is 28.0 Å². The molecule has 0 aliphatic rings. The second-order valence-corrected chi connectivity index (χ2v) is 9.09. The molecule has 26 heavy (non-hydrogen) atoms. The number of thioether (sulfide) groups is 1. The SMILES string of the molecule is CCn1ccnc1SCc1nc2cc(S(=O)(=O)N(C)C)ccc2n1CC. The minimum atomic E-state index is -3.47. The van der Waals surface area contributed by atoms with Crippen molar-refractivity contribution in [3.63, 3.8) is 0 Å². The summed E-state index contributed by atoms with van der Waals surface area (Å²) in [6.07, 6.45) is 3.76. The number of aromatic nitrogens is 4. The number of sulfonamides is 1. The van der Waals surface area contributed by atoms with Gasteiger partial charge in [0.1, 0.15) is 5.82 Å². The zero-order valence-electron chi connectivity index (χ0n) is 15.4. The molecule has 0 amide bonds. The number of aryl methyl sites for hydroxylation is 2. The molecule has 0 unspecified atom stereocenters. The lowest BCUT2D eigenvalue weighted by Crippen LogP contribution is -2.22. The first-order chi connectivity index (χ1) is 12.4. The number of fused-ring (bicyclic) bond motifs is 1. The summed E-state index contributed by atoms with van der Waals surface area (Å²) in [5, 5.41) is 0.957. The van der Waals surface area contributed by atoms with Gasteiger partial charge in [-0.15, -0.1) is 0 Å². The van der Waals surface area contributed by atoms with E-state index in [1.54, 1.807) is 30.1 Å². The van der Waals surface area contributed by atoms with E-state index in [1.165, 1.54) is 18.4 Å². The van der Waals surface area contributed by atoms with Gasteiger partial charge in [-0.05, 0) is 32.0 Å². The van der Waals surface area contributed by atoms with E-state index in [4.69, 9.17) is 4.98 Å². The molecule has 2 aromatic heterocycles. The first-order valence-electron chi connectivity index (χ1n) is 8.44. The lowest BCUT2D eigenvalue weighted by atomic mass is 10.3. The molecule has 0 fully saturated rings. The maximum absolute atomic E-state index is 12.4. The summed E-state index contributed by atoms with van der Waals surface area (Å²) in [5.41, 5.74) is 1.64. The fourth-order valence-electron chi connectivity index (χ4n) is 2.80. The van der Waals surface area contributed by atoms with Crippen molar-refractivity contribution in [1.29, 1.82) is 0 Å². The minimum Gasteiger partial charge on any atom is -0.328 e. The molecular weight excluding hydrogens is 370 g/mol. The Kier molecular flexibility index (Phi) is 5.40. The zero-order chi connectivity index (χ0) is 18.9. The normalized spacial score (nSPS) is 12.3. The van der Waals surface area contributed by atoms with Gasteiger partial charge in [0.05, 0.1) is 21.7 Å². The van der Waals surface area contributed by atoms with Gasteiger partial charge in [0, 0.05) is 39.6 Å². The van der Waals surface area contributed by atoms with Crippen LogP contribution in [-0.4, -0.2) is 45.9 Å². The second-order valence-electron chi connectivity index (χ2n) is 5.99. The molecule has 0 atom stereocenters. The van der Waals surface area contributed by atoms with Crippen LogP contribution in [0.5, 0.6) is 0 Å². The van der Waals surface area contributed by atoms with Crippen LogP contribution >= 0.6 is 11.8 Å². The highest BCUT2D eigenvalue weighted by Crippen LogP contribution is 2.26. The molecule has 140 valence electrons. The lowest BCUT2D eigenvalue weighted by Gasteiger charge is -2.11. The molecule has 0 saturated carbocycles. The van der Waals surface area contributed by atoms with Gasteiger partial charge in [-0.2, -0.15) is 0 Å². The highest BCUT2D eigenvalue weighted by Gasteiger charge is 2.19. The van der Waals surface area contributed by atoms with Crippen LogP contribution in [0.4, 0.5) is 0 Å². The topological polar surface area (TPSA) is 73.0 Å². The van der Waals surface area contributed by atoms with Crippen LogP contribution in [-0.2, 0) is 28.9 Å². The van der Waals surface area contributed by atoms with Crippen LogP contribution in [0.2, 0.25) is 0 Å². The predicted octanol–water partition coefficient (Wildman–Crippen LogP) is 2.82. The molecular formula is C17H23N5O2S2. The molecule has 3 rings (SSSR count). The van der Waals surface area contributed by atoms with E-state index in [9.17, 15) is 8.42 Å². The molecule has 7 nitrogen and oxygen atoms in total. The summed E-state index contributed by atoms with van der Waals surface area (Å²) in [5.74, 6) is 1.59. The van der Waals surface area contributed by atoms with E-state index >= 15 is 0 Å². The number of hydrogen-bond donors (Lipinski definition) is 0. The first-order valence-corrected chi connectivity index (χ1v) is 10.9. The number of imidazole rings is 2. The van der Waals surface area contributed by atoms with Crippen LogP contribution in [0.3, 0.4) is 0 Å². The Morgan fingerprint density at radius 1 is 1.19 bits per heavy atom. The smallest absolute Gasteiger partial charge is 0.242 e. The number of nitrogens with zero attached hydrogens (tertiary/aromatic N) is 5. The quantitative estimate of drug-likeness (QED) is 0.577. The molecule has 3 aromatic rings. The van der Waals surface area contributed by atoms with Crippen LogP contribution in [0.25, 0.3) is 11.0 Å². The van der Waals surface area contributed by atoms with E-state index in [-0.39, 0.29) is 4.90 Å². The molecule has 0 bridgehead atoms. The van der Waals surface area contributed by atoms with Crippen molar-refractivity contribution in [3.05, 3.63) is 36.4 Å². The van der Waals surface area contributed by atoms with Gasteiger partial charge in [0.25, 0.3) is 0 Å². The summed E-state index contributed by atoms with van der Waals surface area (Å²) in [7, 11) is -0.410. The Hall–Kier alpha value is -1.84. The van der Waals surface area contributed by atoms with Gasteiger partial charge < -0.3 is 9.13 Å². The maximum Gasteiger partial charge on any atom is 0.242 e. The number of hydrogen-bond acceptors (Lipinski definition) is 5. The summed E-state index contributed by atoms with van der Waals surface area (Å²) in [6.45, 7) is 5.79. The minimum absolute atomic E-state index is 0.261. The predicted molar refractivity (Wildman–Crippen MR) is 104 cm³/mol. The molecule has 0 N–H and O–H groups in total. The van der Waals surface area contributed by atoms with Gasteiger partial charge in [-0.25, -0.2) is 22.7 Å². The second kappa shape index (κ2) is 7.42. The largest absolute Gasteiger partial charge is 0.328 e. The van der Waals surface area contributed by atoms with Crippen LogP contribution < -0.4 is 0 Å². The summed E-state index contributed by atoms with van der Waals surface area (Å²) in [6, 6.07) is 5.13. The van der Waals surface area contributed by atoms with Crippen molar-refractivity contribution in [1.82, 2.24) is 23.4 Å². The van der Waals surface area contributed by atoms with Gasteiger partial charge in [-0.1, -0.05) is 11.8 Å². The van der Waals surface area contributed by atoms with E-state index in [0.717, 1.165) is 29.6 Å². The summed E-state index contributed by atoms with van der Waals surface area (Å²) >= 11 is 1.63. The fraction of sp³-hybridized carbons (Fsp3) is 0.412. The molecule has 0 aliphatic heterocycles. The van der Waals surface area contributed by atoms with Crippen molar-refractivity contribution in [2.75, 3.05) is 14.1 Å². The average Bonchev–Trinajstić information content (AvgIpc) is 3.22. The lowest BCUT2D eigenvalue weighted by molar-refractivity contribution is 0.521. The van der Waals surface area contributed by atoms with Gasteiger partial charge in [-0.3, -0.25) is 0 Å². The Balaban J connectivity index is 1.96. The van der Waals surface area contributed by atoms with Crippen molar-refractivity contribution in [2.24, 2.45) is 0 Å². The van der Waals surface area contributed by atoms with Crippen molar-refractivity contribution < 1.29 is 8.42 Å². The van der Waals surface area contributed by atoms with E-state index in [1.807, 2.05) is 12.3 Å². The zero-order valence-corrected chi connectivity index (χ0v) is 17.0. The molecule has 0 aliphatic carbocycles. The third-order valence-electron chi connectivity index (χ3n) is 4.24. The maximum atomic E-state index is 12.4. The monoisotopic (exact) mass is 393 g/mol. The average molecular weight is 394 g/mol. The molecule has 1 aromatic carbocycles. The summed E-state index contributed by atoms with van der Waals surface area (Å²) in [4.78, 5) is 9.34. The Labute approximate surface area is 158 Å². The number of rotatable bonds is 7. The first kappa shape index (κ1) is 18.9. The molecule has 2 heterocycles. The van der Waals surface area contributed by atoms with E-state index < -0.39 is 10.0 Å². The van der Waals surface area contributed by atoms with Gasteiger partial charge in [0.15, 0.2) is 5.16 Å². The highest BCUT2D eigenvalue weighted by molar-refractivity contribution is 7.98. The standard InChI is InChI=1S/C17H23N5O2S2/c1-5-21-10-9-18-17(21)25-12-16-19-14-11-13(26(23,24)20(3)4)7-8-15(14)22(16)6-2/h7-11H,5-6,12H2,1-4H3. The van der Waals surface area contributed by atoms with Gasteiger partial charge in [0.2, 0.25) is 10.0 Å². The number of benzene rings is 1. The molecule has 0 saturated heterocycles. The molecule has 9 heteroatoms. The Morgan fingerprint density at radius 2 is 1.96 bits per heavy atom. The highest BCUT2D eigenvalue weighted by atomic mass is 32.2. The summed E-state index contributed by atoms with van der Waals surface area (Å²) < 4.78 is 30.2. The Bertz CT molecular complexity index is 1020. The van der Waals surface area contributed by atoms with Crippen molar-refractivity contribution >= 4 is 32.8 Å². The van der Waals surface area contributed by atoms with E-state index in [0.29, 0.717) is 11.3 Å². The van der Waals surface area contributed by atoms with Crippen LogP contribution in [0.1, 0.15) is 19.7 Å². The van der Waals surface area contributed by atoms with Crippen LogP contribution in [0.15, 0.2) is 40.6 Å². The van der Waals surface area contributed by atoms with Crippen molar-refractivity contribution in [2.45, 2.75) is 42.7 Å². The molecule has 0 spiro atoms. The van der Waals surface area contributed by atoms with Crippen LogP contribution in [0, 0.1) is 0 Å². The molecule has 0 radical (unpaired) electrons. The third kappa shape index (κ3) is 3.38. The Morgan fingerprint density at radius 3 is 2.62 bits per heavy atom. The third-order valence-corrected chi connectivity index (χ3v) is 7.05. The fourth-order valence-corrected chi connectivity index (χ4v) is 4.69. The van der Waals surface area contributed by atoms with Crippen molar-refractivity contribution in [3.8, 4) is 0 Å².